The SMILES string of the molecule is CC1=CC([Si](C)(C)C)[C]([Zr+2]([C]2=C(C)C=C([Si](C)(C)C)C2)=[Si](C)C)=C1.[Cl-].[Cl-]. The third-order valence-electron chi connectivity index (χ3n) is 5.37. The smallest absolute Gasteiger partial charge is 1.00 e. The van der Waals surface area contributed by atoms with Crippen molar-refractivity contribution in [3.63, 3.8) is 0 Å². The van der Waals surface area contributed by atoms with Gasteiger partial charge in [-0.25, -0.2) is 0 Å². The molecular formula is C20H36Cl2Si3Zr. The van der Waals surface area contributed by atoms with Crippen molar-refractivity contribution in [3.05, 3.63) is 41.1 Å². The summed E-state index contributed by atoms with van der Waals surface area (Å²) >= 11 is -1.69. The van der Waals surface area contributed by atoms with Gasteiger partial charge in [-0.15, -0.1) is 0 Å². The Kier molecular flexibility index (Phi) is 10.1. The Labute approximate surface area is 184 Å². The zero-order chi connectivity index (χ0) is 18.4. The van der Waals surface area contributed by atoms with E-state index < -0.39 is 36.5 Å². The minimum atomic E-state index is -1.69. The molecule has 0 spiro atoms. The van der Waals surface area contributed by atoms with E-state index in [4.69, 9.17) is 0 Å². The molecule has 2 rings (SSSR count). The van der Waals surface area contributed by atoms with Crippen molar-refractivity contribution in [3.8, 4) is 0 Å². The molecule has 0 fully saturated rings. The molecule has 0 aromatic heterocycles. The summed E-state index contributed by atoms with van der Waals surface area (Å²) in [6, 6.07) is 0. The maximum atomic E-state index is 2.64. The van der Waals surface area contributed by atoms with Gasteiger partial charge in [-0.1, -0.05) is 0 Å². The first-order valence-corrected chi connectivity index (χ1v) is 25.0. The molecule has 0 saturated carbocycles. The van der Waals surface area contributed by atoms with Crippen molar-refractivity contribution in [2.24, 2.45) is 0 Å². The number of rotatable bonds is 4. The number of allylic oxidation sites excluding steroid dienone is 8. The molecule has 0 aromatic rings. The van der Waals surface area contributed by atoms with E-state index in [9.17, 15) is 0 Å². The first-order valence-electron chi connectivity index (χ1n) is 9.31. The summed E-state index contributed by atoms with van der Waals surface area (Å²) in [6.07, 6.45) is 9.22. The van der Waals surface area contributed by atoms with Crippen LogP contribution in [0, 0.1) is 0 Å². The monoisotopic (exact) mass is 520 g/mol. The van der Waals surface area contributed by atoms with Gasteiger partial charge in [0.1, 0.15) is 0 Å². The summed E-state index contributed by atoms with van der Waals surface area (Å²) in [4.78, 5) is 0. The van der Waals surface area contributed by atoms with Crippen molar-refractivity contribution < 1.29 is 45.2 Å². The van der Waals surface area contributed by atoms with Crippen LogP contribution >= 0.6 is 0 Å². The first-order chi connectivity index (χ1) is 10.8. The minimum Gasteiger partial charge on any atom is -1.00 e. The van der Waals surface area contributed by atoms with E-state index in [0.717, 1.165) is 5.54 Å². The van der Waals surface area contributed by atoms with E-state index in [1.807, 2.05) is 11.8 Å². The van der Waals surface area contributed by atoms with Crippen LogP contribution in [0.3, 0.4) is 0 Å². The largest absolute Gasteiger partial charge is 1.00 e. The van der Waals surface area contributed by atoms with Gasteiger partial charge < -0.3 is 24.8 Å². The first kappa shape index (κ1) is 27.1. The molecule has 6 heteroatoms. The molecule has 1 unspecified atom stereocenters. The van der Waals surface area contributed by atoms with Gasteiger partial charge in [0, 0.05) is 0 Å². The average molecular weight is 523 g/mol. The van der Waals surface area contributed by atoms with Crippen LogP contribution in [0.5, 0.6) is 0 Å². The molecule has 0 radical (unpaired) electrons. The second-order valence-electron chi connectivity index (χ2n) is 9.99. The van der Waals surface area contributed by atoms with E-state index in [-0.39, 0.29) is 30.2 Å². The standard InChI is InChI=1S/2C9H15Si.C2H6Si.2ClH.Zr/c2*1-8-5-6-9(7-8)10(2,3)4;1-3-2;;;/h7H,6H2,1-4H3;5,7,9H,1-4H3;1-2H3;2*1H;/q;;;;;+2/p-2. The fourth-order valence-electron chi connectivity index (χ4n) is 3.94. The molecule has 0 bridgehead atoms. The summed E-state index contributed by atoms with van der Waals surface area (Å²) in [5.41, 5.74) is 3.83. The van der Waals surface area contributed by atoms with Crippen LogP contribution < -0.4 is 24.8 Å². The number of halogens is 2. The molecule has 146 valence electrons. The van der Waals surface area contributed by atoms with E-state index in [1.165, 1.54) is 6.42 Å². The molecule has 2 aliphatic rings. The molecular weight excluding hydrogens is 487 g/mol. The van der Waals surface area contributed by atoms with Gasteiger partial charge in [-0.05, 0) is 0 Å². The van der Waals surface area contributed by atoms with Crippen LogP contribution in [0.2, 0.25) is 57.9 Å². The summed E-state index contributed by atoms with van der Waals surface area (Å²) in [5, 5.41) is 1.81. The van der Waals surface area contributed by atoms with Gasteiger partial charge >= 0.3 is 161 Å². The van der Waals surface area contributed by atoms with Crippen molar-refractivity contribution in [2.75, 3.05) is 0 Å². The average Bonchev–Trinajstić information content (AvgIpc) is 2.93. The van der Waals surface area contributed by atoms with E-state index in [0.29, 0.717) is 0 Å². The topological polar surface area (TPSA) is 0 Å². The van der Waals surface area contributed by atoms with Gasteiger partial charge in [-0.3, -0.25) is 0 Å². The van der Waals surface area contributed by atoms with Crippen molar-refractivity contribution in [2.45, 2.75) is 78.2 Å². The van der Waals surface area contributed by atoms with Crippen LogP contribution in [-0.2, 0) is 20.4 Å². The predicted molar refractivity (Wildman–Crippen MR) is 115 cm³/mol. The van der Waals surface area contributed by atoms with Crippen LogP contribution in [0.1, 0.15) is 20.3 Å². The molecule has 0 N–H and O–H groups in total. The van der Waals surface area contributed by atoms with Crippen LogP contribution in [-0.4, -0.2) is 21.6 Å². The second-order valence-corrected chi connectivity index (χ2v) is 37.6. The Morgan fingerprint density at radius 2 is 1.50 bits per heavy atom. The fourth-order valence-corrected chi connectivity index (χ4v) is 30.1. The molecule has 0 aliphatic heterocycles. The molecule has 2 aliphatic carbocycles. The van der Waals surface area contributed by atoms with Crippen LogP contribution in [0.15, 0.2) is 41.1 Å². The van der Waals surface area contributed by atoms with E-state index in [1.54, 1.807) is 11.1 Å². The zero-order valence-electron chi connectivity index (χ0n) is 18.3. The Morgan fingerprint density at radius 1 is 0.962 bits per heavy atom. The minimum absolute atomic E-state index is 0. The Balaban J connectivity index is 0.00000312. The van der Waals surface area contributed by atoms with Crippen LogP contribution in [0.4, 0.5) is 0 Å². The van der Waals surface area contributed by atoms with Crippen molar-refractivity contribution >= 4 is 21.6 Å². The third kappa shape index (κ3) is 6.03. The van der Waals surface area contributed by atoms with E-state index in [2.05, 4.69) is 84.5 Å². The predicted octanol–water partition coefficient (Wildman–Crippen LogP) is 0.897. The molecule has 0 saturated heterocycles. The van der Waals surface area contributed by atoms with Crippen LogP contribution in [0.25, 0.3) is 0 Å². The maximum absolute atomic E-state index is 2.64. The summed E-state index contributed by atoms with van der Waals surface area (Å²) in [5.74, 6) is 0. The summed E-state index contributed by atoms with van der Waals surface area (Å²) in [7, 11) is -2.33. The van der Waals surface area contributed by atoms with Gasteiger partial charge in [0.05, 0.1) is 0 Å². The molecule has 0 heterocycles. The molecule has 26 heavy (non-hydrogen) atoms. The van der Waals surface area contributed by atoms with Gasteiger partial charge in [-0.2, -0.15) is 0 Å². The molecule has 0 amide bonds. The number of hydrogen-bond donors (Lipinski definition) is 0. The molecule has 0 nitrogen and oxygen atoms in total. The van der Waals surface area contributed by atoms with Gasteiger partial charge in [0.25, 0.3) is 0 Å². The fraction of sp³-hybridized carbons (Fsp3) is 0.600. The summed E-state index contributed by atoms with van der Waals surface area (Å²) in [6.45, 7) is 25.3. The van der Waals surface area contributed by atoms with Crippen molar-refractivity contribution in [1.29, 1.82) is 0 Å². The second kappa shape index (κ2) is 9.72. The quantitative estimate of drug-likeness (QED) is 0.482. The molecule has 1 atom stereocenters. The Bertz CT molecular complexity index is 710. The zero-order valence-corrected chi connectivity index (χ0v) is 25.2. The summed E-state index contributed by atoms with van der Waals surface area (Å²) < 4.78 is 3.93. The normalized spacial score (nSPS) is 19.7. The number of hydrogen-bond acceptors (Lipinski definition) is 0. The van der Waals surface area contributed by atoms with Crippen molar-refractivity contribution in [1.82, 2.24) is 0 Å². The molecule has 0 aromatic carbocycles. The third-order valence-corrected chi connectivity index (χ3v) is 28.0. The van der Waals surface area contributed by atoms with E-state index >= 15 is 0 Å². The Morgan fingerprint density at radius 3 is 1.88 bits per heavy atom. The Hall–Kier alpha value is 1.07. The maximum Gasteiger partial charge on any atom is -1.00 e. The van der Waals surface area contributed by atoms with Gasteiger partial charge in [0.2, 0.25) is 0 Å². The van der Waals surface area contributed by atoms with Gasteiger partial charge in [0.15, 0.2) is 0 Å².